The number of thioether (sulfide) groups is 1. The Morgan fingerprint density at radius 2 is 1.88 bits per heavy atom. The van der Waals surface area contributed by atoms with Crippen LogP contribution in [0.25, 0.3) is 0 Å². The average Bonchev–Trinajstić information content (AvgIpc) is 3.53. The summed E-state index contributed by atoms with van der Waals surface area (Å²) in [7, 11) is 3.45. The van der Waals surface area contributed by atoms with Crippen molar-refractivity contribution < 1.29 is 19.1 Å². The SMILES string of the molecule is COc1cc(C)ccc1OCc1nnc(SCC(=O)Nc2sc3c(c2C(=O)NCc2ccccc2)CCCC3)n1C. The molecule has 2 heterocycles. The van der Waals surface area contributed by atoms with Gasteiger partial charge in [0.15, 0.2) is 22.5 Å². The van der Waals surface area contributed by atoms with Crippen molar-refractivity contribution in [1.82, 2.24) is 20.1 Å². The summed E-state index contributed by atoms with van der Waals surface area (Å²) in [5.41, 5.74) is 3.77. The van der Waals surface area contributed by atoms with Crippen molar-refractivity contribution in [2.75, 3.05) is 18.2 Å². The molecule has 9 nitrogen and oxygen atoms in total. The molecule has 0 unspecified atom stereocenters. The van der Waals surface area contributed by atoms with Gasteiger partial charge in [0, 0.05) is 18.5 Å². The summed E-state index contributed by atoms with van der Waals surface area (Å²) < 4.78 is 13.1. The Bertz CT molecular complexity index is 1530. The van der Waals surface area contributed by atoms with Crippen LogP contribution in [0.1, 0.15) is 50.6 Å². The Morgan fingerprint density at radius 1 is 1.07 bits per heavy atom. The first-order valence-electron chi connectivity index (χ1n) is 13.5. The second-order valence-electron chi connectivity index (χ2n) is 9.82. The van der Waals surface area contributed by atoms with E-state index in [1.165, 1.54) is 28.0 Å². The van der Waals surface area contributed by atoms with Crippen LogP contribution in [0, 0.1) is 6.92 Å². The number of aromatic nitrogens is 3. The summed E-state index contributed by atoms with van der Waals surface area (Å²) in [6.45, 7) is 2.63. The molecular weight excluding hydrogens is 558 g/mol. The van der Waals surface area contributed by atoms with Gasteiger partial charge < -0.3 is 24.7 Å². The van der Waals surface area contributed by atoms with E-state index in [-0.39, 0.29) is 24.2 Å². The molecular formula is C30H33N5O4S2. The Kier molecular flexibility index (Phi) is 9.25. The third-order valence-electron chi connectivity index (χ3n) is 6.88. The third kappa shape index (κ3) is 6.91. The number of hydrogen-bond donors (Lipinski definition) is 2. The number of amides is 2. The lowest BCUT2D eigenvalue weighted by atomic mass is 9.95. The van der Waals surface area contributed by atoms with Gasteiger partial charge in [-0.1, -0.05) is 48.2 Å². The molecule has 0 aliphatic heterocycles. The molecule has 4 aromatic rings. The molecule has 1 aliphatic rings. The fraction of sp³-hybridized carbons (Fsp3) is 0.333. The van der Waals surface area contributed by atoms with Crippen LogP contribution in [-0.2, 0) is 37.8 Å². The largest absolute Gasteiger partial charge is 0.493 e. The molecule has 11 heteroatoms. The molecule has 0 bridgehead atoms. The number of aryl methyl sites for hydroxylation is 2. The highest BCUT2D eigenvalue weighted by Gasteiger charge is 2.26. The van der Waals surface area contributed by atoms with Crippen LogP contribution in [-0.4, -0.2) is 39.4 Å². The predicted octanol–water partition coefficient (Wildman–Crippen LogP) is 5.31. The summed E-state index contributed by atoms with van der Waals surface area (Å²) in [5.74, 6) is 1.68. The fourth-order valence-electron chi connectivity index (χ4n) is 4.69. The van der Waals surface area contributed by atoms with E-state index >= 15 is 0 Å². The molecule has 5 rings (SSSR count). The van der Waals surface area contributed by atoms with Crippen LogP contribution in [0.3, 0.4) is 0 Å². The van der Waals surface area contributed by atoms with E-state index in [9.17, 15) is 9.59 Å². The van der Waals surface area contributed by atoms with Gasteiger partial charge in [0.2, 0.25) is 5.91 Å². The van der Waals surface area contributed by atoms with Crippen molar-refractivity contribution in [2.45, 2.75) is 50.9 Å². The molecule has 41 heavy (non-hydrogen) atoms. The minimum Gasteiger partial charge on any atom is -0.493 e. The lowest BCUT2D eigenvalue weighted by Gasteiger charge is -2.13. The smallest absolute Gasteiger partial charge is 0.254 e. The molecule has 0 radical (unpaired) electrons. The number of nitrogens with one attached hydrogen (secondary N) is 2. The summed E-state index contributed by atoms with van der Waals surface area (Å²) in [6.07, 6.45) is 3.92. The highest BCUT2D eigenvalue weighted by atomic mass is 32.2. The third-order valence-corrected chi connectivity index (χ3v) is 9.11. The predicted molar refractivity (Wildman–Crippen MR) is 161 cm³/mol. The number of ether oxygens (including phenoxy) is 2. The first kappa shape index (κ1) is 28.7. The standard InChI is InChI=1S/C30H33N5O4S2/c1-19-13-14-22(23(15-19)38-3)39-17-25-33-34-30(35(25)2)40-18-26(36)32-29-27(21-11-7-8-12-24(21)41-29)28(37)31-16-20-9-5-4-6-10-20/h4-6,9-10,13-15H,7-8,11-12,16-18H2,1-3H3,(H,31,37)(H,32,36). The number of rotatable bonds is 11. The van der Waals surface area contributed by atoms with Crippen molar-refractivity contribution in [3.63, 3.8) is 0 Å². The van der Waals surface area contributed by atoms with Gasteiger partial charge in [-0.2, -0.15) is 0 Å². The maximum atomic E-state index is 13.3. The fourth-order valence-corrected chi connectivity index (χ4v) is 6.72. The molecule has 2 amide bonds. The molecule has 1 aliphatic carbocycles. The van der Waals surface area contributed by atoms with Crippen LogP contribution in [0.2, 0.25) is 0 Å². The van der Waals surface area contributed by atoms with E-state index in [1.54, 1.807) is 7.11 Å². The van der Waals surface area contributed by atoms with E-state index < -0.39 is 0 Å². The average molecular weight is 592 g/mol. The molecule has 0 saturated heterocycles. The van der Waals surface area contributed by atoms with Gasteiger partial charge in [0.1, 0.15) is 11.6 Å². The van der Waals surface area contributed by atoms with Gasteiger partial charge in [-0.15, -0.1) is 21.5 Å². The molecule has 214 valence electrons. The van der Waals surface area contributed by atoms with Crippen LogP contribution in [0.4, 0.5) is 5.00 Å². The number of fused-ring (bicyclic) bond motifs is 1. The van der Waals surface area contributed by atoms with Crippen LogP contribution in [0.15, 0.2) is 53.7 Å². The quantitative estimate of drug-likeness (QED) is 0.228. The summed E-state index contributed by atoms with van der Waals surface area (Å²) in [6, 6.07) is 15.5. The summed E-state index contributed by atoms with van der Waals surface area (Å²) in [4.78, 5) is 27.5. The monoisotopic (exact) mass is 591 g/mol. The molecule has 0 saturated carbocycles. The number of benzene rings is 2. The van der Waals surface area contributed by atoms with Gasteiger partial charge in [-0.3, -0.25) is 9.59 Å². The van der Waals surface area contributed by atoms with Crippen molar-refractivity contribution in [3.05, 3.63) is 81.5 Å². The van der Waals surface area contributed by atoms with E-state index in [4.69, 9.17) is 9.47 Å². The van der Waals surface area contributed by atoms with Gasteiger partial charge in [-0.05, 0) is 61.4 Å². The minimum atomic E-state index is -0.198. The highest BCUT2D eigenvalue weighted by Crippen LogP contribution is 2.38. The maximum Gasteiger partial charge on any atom is 0.254 e. The minimum absolute atomic E-state index is 0.131. The maximum absolute atomic E-state index is 13.3. The summed E-state index contributed by atoms with van der Waals surface area (Å²) >= 11 is 2.80. The van der Waals surface area contributed by atoms with E-state index in [0.29, 0.717) is 39.6 Å². The zero-order chi connectivity index (χ0) is 28.8. The van der Waals surface area contributed by atoms with Gasteiger partial charge in [-0.25, -0.2) is 0 Å². The van der Waals surface area contributed by atoms with Crippen molar-refractivity contribution >= 4 is 39.9 Å². The molecule has 0 atom stereocenters. The van der Waals surface area contributed by atoms with E-state index in [1.807, 2.05) is 67.1 Å². The molecule has 2 N–H and O–H groups in total. The first-order chi connectivity index (χ1) is 19.9. The second-order valence-corrected chi connectivity index (χ2v) is 11.9. The number of nitrogens with zero attached hydrogens (tertiary/aromatic N) is 3. The Balaban J connectivity index is 1.21. The number of thiophene rings is 1. The Labute approximate surface area is 247 Å². The number of anilines is 1. The van der Waals surface area contributed by atoms with Gasteiger partial charge >= 0.3 is 0 Å². The Morgan fingerprint density at radius 3 is 2.68 bits per heavy atom. The molecule has 2 aromatic heterocycles. The topological polar surface area (TPSA) is 107 Å². The first-order valence-corrected chi connectivity index (χ1v) is 15.3. The molecule has 0 spiro atoms. The van der Waals surface area contributed by atoms with Crippen molar-refractivity contribution in [3.8, 4) is 11.5 Å². The zero-order valence-electron chi connectivity index (χ0n) is 23.4. The lowest BCUT2D eigenvalue weighted by Crippen LogP contribution is -2.25. The van der Waals surface area contributed by atoms with Crippen LogP contribution < -0.4 is 20.1 Å². The van der Waals surface area contributed by atoms with Crippen LogP contribution >= 0.6 is 23.1 Å². The van der Waals surface area contributed by atoms with Crippen molar-refractivity contribution in [1.29, 1.82) is 0 Å². The van der Waals surface area contributed by atoms with E-state index in [0.717, 1.165) is 42.4 Å². The normalized spacial score (nSPS) is 12.5. The zero-order valence-corrected chi connectivity index (χ0v) is 25.0. The van der Waals surface area contributed by atoms with Crippen LogP contribution in [0.5, 0.6) is 11.5 Å². The lowest BCUT2D eigenvalue weighted by molar-refractivity contribution is -0.113. The number of carbonyl (C=O) groups is 2. The highest BCUT2D eigenvalue weighted by molar-refractivity contribution is 7.99. The Hall–Kier alpha value is -3.83. The van der Waals surface area contributed by atoms with Gasteiger partial charge in [0.05, 0.1) is 18.4 Å². The number of carbonyl (C=O) groups excluding carboxylic acids is 2. The van der Waals surface area contributed by atoms with E-state index in [2.05, 4.69) is 20.8 Å². The second kappa shape index (κ2) is 13.2. The van der Waals surface area contributed by atoms with Crippen molar-refractivity contribution in [2.24, 2.45) is 7.05 Å². The molecule has 0 fully saturated rings. The summed E-state index contributed by atoms with van der Waals surface area (Å²) in [5, 5.41) is 15.7. The molecule has 2 aromatic carbocycles. The number of hydrogen-bond acceptors (Lipinski definition) is 8. The number of methoxy groups -OCH3 is 1. The van der Waals surface area contributed by atoms with Gasteiger partial charge in [0.25, 0.3) is 5.91 Å².